The van der Waals surface area contributed by atoms with Crippen LogP contribution in [-0.4, -0.2) is 22.4 Å². The minimum Gasteiger partial charge on any atom is -0.484 e. The van der Waals surface area contributed by atoms with E-state index in [1.165, 1.54) is 24.3 Å². The lowest BCUT2D eigenvalue weighted by molar-refractivity contribution is -0.384. The van der Waals surface area contributed by atoms with Crippen LogP contribution in [0.1, 0.15) is 5.56 Å². The highest BCUT2D eigenvalue weighted by Gasteiger charge is 2.07. The Hall–Kier alpha value is -2.96. The van der Waals surface area contributed by atoms with Crippen LogP contribution in [-0.2, 0) is 4.79 Å². The molecule has 0 atom stereocenters. The van der Waals surface area contributed by atoms with Gasteiger partial charge in [-0.2, -0.15) is 0 Å². The molecule has 2 aromatic rings. The fourth-order valence-electron chi connectivity index (χ4n) is 1.60. The van der Waals surface area contributed by atoms with Crippen molar-refractivity contribution < 1.29 is 14.5 Å². The van der Waals surface area contributed by atoms with Gasteiger partial charge >= 0.3 is 0 Å². The lowest BCUT2D eigenvalue weighted by Crippen LogP contribution is -2.20. The van der Waals surface area contributed by atoms with Crippen molar-refractivity contribution in [3.05, 3.63) is 58.3 Å². The van der Waals surface area contributed by atoms with Gasteiger partial charge in [0.05, 0.1) is 4.92 Å². The second-order valence-electron chi connectivity index (χ2n) is 4.31. The molecule has 0 aliphatic rings. The number of amides is 1. The Morgan fingerprint density at radius 2 is 2.05 bits per heavy atom. The van der Waals surface area contributed by atoms with Crippen LogP contribution in [0.2, 0.25) is 0 Å². The molecule has 108 valence electrons. The summed E-state index contributed by atoms with van der Waals surface area (Å²) >= 11 is 0. The maximum Gasteiger partial charge on any atom is 0.269 e. The highest BCUT2D eigenvalue weighted by molar-refractivity contribution is 5.90. The summed E-state index contributed by atoms with van der Waals surface area (Å²) in [6, 6.07) is 9.07. The lowest BCUT2D eigenvalue weighted by atomic mass is 10.3. The third kappa shape index (κ3) is 4.27. The number of ether oxygens (including phenoxy) is 1. The molecule has 0 fully saturated rings. The van der Waals surface area contributed by atoms with Crippen molar-refractivity contribution in [1.82, 2.24) is 4.98 Å². The number of carbonyl (C=O) groups excluding carboxylic acids is 1. The van der Waals surface area contributed by atoms with Crippen LogP contribution in [0.5, 0.6) is 5.75 Å². The van der Waals surface area contributed by atoms with Crippen molar-refractivity contribution in [2.75, 3.05) is 11.9 Å². The van der Waals surface area contributed by atoms with E-state index in [-0.39, 0.29) is 18.2 Å². The Kier molecular flexibility index (Phi) is 4.45. The molecule has 0 saturated heterocycles. The van der Waals surface area contributed by atoms with Gasteiger partial charge < -0.3 is 10.1 Å². The number of pyridine rings is 1. The van der Waals surface area contributed by atoms with Crippen molar-refractivity contribution in [2.24, 2.45) is 0 Å². The van der Waals surface area contributed by atoms with Crippen LogP contribution in [0.25, 0.3) is 0 Å². The molecule has 0 bridgehead atoms. The number of non-ortho nitro benzene ring substituents is 1. The number of anilines is 1. The van der Waals surface area contributed by atoms with Gasteiger partial charge in [0.25, 0.3) is 11.6 Å². The number of rotatable bonds is 5. The van der Waals surface area contributed by atoms with Gasteiger partial charge in [0.15, 0.2) is 6.61 Å². The molecule has 0 spiro atoms. The molecule has 0 aliphatic carbocycles. The monoisotopic (exact) mass is 287 g/mol. The van der Waals surface area contributed by atoms with Gasteiger partial charge in [0.2, 0.25) is 0 Å². The molecule has 1 aromatic heterocycles. The SMILES string of the molecule is Cc1ccnc(NC(=O)COc2ccc([N+](=O)[O-])cc2)c1. The van der Waals surface area contributed by atoms with Gasteiger partial charge in [-0.25, -0.2) is 4.98 Å². The van der Waals surface area contributed by atoms with E-state index in [0.717, 1.165) is 5.56 Å². The number of hydrogen-bond acceptors (Lipinski definition) is 5. The molecule has 1 amide bonds. The minimum absolute atomic E-state index is 0.0317. The number of aryl methyl sites for hydroxylation is 1. The number of hydrogen-bond donors (Lipinski definition) is 1. The second kappa shape index (κ2) is 6.47. The van der Waals surface area contributed by atoms with Crippen LogP contribution in [0.15, 0.2) is 42.6 Å². The molecule has 0 unspecified atom stereocenters. The topological polar surface area (TPSA) is 94.4 Å². The first kappa shape index (κ1) is 14.4. The van der Waals surface area contributed by atoms with E-state index in [0.29, 0.717) is 11.6 Å². The number of aromatic nitrogens is 1. The van der Waals surface area contributed by atoms with Crippen LogP contribution in [0.3, 0.4) is 0 Å². The highest BCUT2D eigenvalue weighted by atomic mass is 16.6. The summed E-state index contributed by atoms with van der Waals surface area (Å²) in [7, 11) is 0. The molecular formula is C14H13N3O4. The van der Waals surface area contributed by atoms with Gasteiger partial charge in [0, 0.05) is 18.3 Å². The summed E-state index contributed by atoms with van der Waals surface area (Å²) in [4.78, 5) is 25.7. The first-order chi connectivity index (χ1) is 10.0. The Bertz CT molecular complexity index is 656. The number of nitrogens with one attached hydrogen (secondary N) is 1. The molecule has 0 radical (unpaired) electrons. The smallest absolute Gasteiger partial charge is 0.269 e. The first-order valence-electron chi connectivity index (χ1n) is 6.14. The molecule has 1 N–H and O–H groups in total. The summed E-state index contributed by atoms with van der Waals surface area (Å²) in [5, 5.41) is 13.1. The van der Waals surface area contributed by atoms with Crippen LogP contribution < -0.4 is 10.1 Å². The Balaban J connectivity index is 1.87. The molecule has 7 heteroatoms. The largest absolute Gasteiger partial charge is 0.484 e. The Morgan fingerprint density at radius 3 is 2.67 bits per heavy atom. The van der Waals surface area contributed by atoms with Gasteiger partial charge in [0.1, 0.15) is 11.6 Å². The van der Waals surface area contributed by atoms with Crippen LogP contribution >= 0.6 is 0 Å². The summed E-state index contributed by atoms with van der Waals surface area (Å²) in [6.07, 6.45) is 1.60. The maximum atomic E-state index is 11.7. The van der Waals surface area contributed by atoms with Crippen molar-refractivity contribution >= 4 is 17.4 Å². The minimum atomic E-state index is -0.500. The molecule has 1 aromatic carbocycles. The van der Waals surface area contributed by atoms with Crippen LogP contribution in [0.4, 0.5) is 11.5 Å². The third-order valence-electron chi connectivity index (χ3n) is 2.60. The predicted molar refractivity (Wildman–Crippen MR) is 76.2 cm³/mol. The lowest BCUT2D eigenvalue weighted by Gasteiger charge is -2.07. The van der Waals surface area contributed by atoms with Crippen molar-refractivity contribution in [3.63, 3.8) is 0 Å². The van der Waals surface area contributed by atoms with Crippen molar-refractivity contribution in [3.8, 4) is 5.75 Å². The fraction of sp³-hybridized carbons (Fsp3) is 0.143. The number of carbonyl (C=O) groups is 1. The molecule has 0 aliphatic heterocycles. The molecule has 1 heterocycles. The number of nitro groups is 1. The first-order valence-corrected chi connectivity index (χ1v) is 6.14. The van der Waals surface area contributed by atoms with Crippen molar-refractivity contribution in [1.29, 1.82) is 0 Å². The molecular weight excluding hydrogens is 274 g/mol. The second-order valence-corrected chi connectivity index (χ2v) is 4.31. The molecule has 7 nitrogen and oxygen atoms in total. The Labute approximate surface area is 120 Å². The van der Waals surface area contributed by atoms with Gasteiger partial charge in [-0.05, 0) is 36.8 Å². The van der Waals surface area contributed by atoms with E-state index in [1.54, 1.807) is 12.3 Å². The zero-order valence-electron chi connectivity index (χ0n) is 11.3. The van der Waals surface area contributed by atoms with Gasteiger partial charge in [-0.15, -0.1) is 0 Å². The summed E-state index contributed by atoms with van der Waals surface area (Å²) in [5.74, 6) is 0.478. The fourth-order valence-corrected chi connectivity index (χ4v) is 1.60. The predicted octanol–water partition coefficient (Wildman–Crippen LogP) is 2.32. The van der Waals surface area contributed by atoms with Gasteiger partial charge in [-0.1, -0.05) is 0 Å². The molecule has 2 rings (SSSR count). The maximum absolute atomic E-state index is 11.7. The van der Waals surface area contributed by atoms with E-state index in [2.05, 4.69) is 10.3 Å². The van der Waals surface area contributed by atoms with E-state index < -0.39 is 4.92 Å². The van der Waals surface area contributed by atoms with Crippen molar-refractivity contribution in [2.45, 2.75) is 6.92 Å². The van der Waals surface area contributed by atoms with E-state index in [4.69, 9.17) is 4.74 Å². The van der Waals surface area contributed by atoms with E-state index in [9.17, 15) is 14.9 Å². The number of benzene rings is 1. The summed E-state index contributed by atoms with van der Waals surface area (Å²) < 4.78 is 5.24. The van der Waals surface area contributed by atoms with Gasteiger partial charge in [-0.3, -0.25) is 14.9 Å². The average molecular weight is 287 g/mol. The van der Waals surface area contributed by atoms with Crippen LogP contribution in [0, 0.1) is 17.0 Å². The van der Waals surface area contributed by atoms with E-state index in [1.807, 2.05) is 13.0 Å². The van der Waals surface area contributed by atoms with E-state index >= 15 is 0 Å². The quantitative estimate of drug-likeness (QED) is 0.672. The number of nitro benzene ring substituents is 1. The summed E-state index contributed by atoms with van der Waals surface area (Å²) in [5.41, 5.74) is 0.951. The number of nitrogens with zero attached hydrogens (tertiary/aromatic N) is 2. The zero-order chi connectivity index (χ0) is 15.2. The average Bonchev–Trinajstić information content (AvgIpc) is 2.45. The summed E-state index contributed by atoms with van der Waals surface area (Å²) in [6.45, 7) is 1.69. The molecule has 0 saturated carbocycles. The Morgan fingerprint density at radius 1 is 1.33 bits per heavy atom. The third-order valence-corrected chi connectivity index (χ3v) is 2.60. The highest BCUT2D eigenvalue weighted by Crippen LogP contribution is 2.17. The molecule has 21 heavy (non-hydrogen) atoms. The normalized spacial score (nSPS) is 9.95. The standard InChI is InChI=1S/C14H13N3O4/c1-10-6-7-15-13(8-10)16-14(18)9-21-12-4-2-11(3-5-12)17(19)20/h2-8H,9H2,1H3,(H,15,16,18). The zero-order valence-corrected chi connectivity index (χ0v) is 11.3.